The van der Waals surface area contributed by atoms with E-state index in [1.807, 2.05) is 36.4 Å². The van der Waals surface area contributed by atoms with Crippen molar-refractivity contribution in [2.45, 2.75) is 13.5 Å². The van der Waals surface area contributed by atoms with Crippen LogP contribution in [0.15, 0.2) is 47.1 Å². The number of ether oxygens (including phenoxy) is 1. The number of halogens is 1. The highest BCUT2D eigenvalue weighted by Gasteiger charge is 1.97. The number of hydrogen-bond donors (Lipinski definition) is 0. The Morgan fingerprint density at radius 2 is 1.88 bits per heavy atom. The summed E-state index contributed by atoms with van der Waals surface area (Å²) in [7, 11) is 0. The van der Waals surface area contributed by atoms with Crippen molar-refractivity contribution in [3.63, 3.8) is 0 Å². The minimum Gasteiger partial charge on any atom is -0.487 e. The third kappa shape index (κ3) is 3.07. The summed E-state index contributed by atoms with van der Waals surface area (Å²) in [6, 6.07) is 11.9. The Labute approximate surface area is 103 Å². The van der Waals surface area contributed by atoms with Gasteiger partial charge in [0, 0.05) is 10.7 Å². The fourth-order valence-electron chi connectivity index (χ4n) is 1.28. The van der Waals surface area contributed by atoms with Crippen molar-refractivity contribution >= 4 is 15.9 Å². The van der Waals surface area contributed by atoms with Crippen molar-refractivity contribution in [2.24, 2.45) is 0 Å². The van der Waals surface area contributed by atoms with Crippen LogP contribution in [0.3, 0.4) is 0 Å². The average molecular weight is 278 g/mol. The zero-order valence-corrected chi connectivity index (χ0v) is 10.6. The molecule has 3 heteroatoms. The van der Waals surface area contributed by atoms with Crippen LogP contribution in [0.1, 0.15) is 11.3 Å². The van der Waals surface area contributed by atoms with E-state index in [4.69, 9.17) is 4.74 Å². The van der Waals surface area contributed by atoms with Crippen LogP contribution in [0.5, 0.6) is 5.75 Å². The maximum Gasteiger partial charge on any atom is 0.130 e. The lowest BCUT2D eigenvalue weighted by atomic mass is 10.2. The van der Waals surface area contributed by atoms with Crippen LogP contribution in [0.25, 0.3) is 0 Å². The van der Waals surface area contributed by atoms with Gasteiger partial charge in [0.1, 0.15) is 12.4 Å². The second-order valence-corrected chi connectivity index (χ2v) is 4.49. The number of nitrogens with zero attached hydrogens (tertiary/aromatic N) is 1. The number of pyridine rings is 1. The molecule has 0 N–H and O–H groups in total. The normalized spacial score (nSPS) is 10.1. The number of aromatic nitrogens is 1. The third-order valence-electron chi connectivity index (χ3n) is 2.20. The molecule has 0 radical (unpaired) electrons. The van der Waals surface area contributed by atoms with Gasteiger partial charge in [-0.15, -0.1) is 0 Å². The van der Waals surface area contributed by atoms with Gasteiger partial charge < -0.3 is 4.74 Å². The SMILES string of the molecule is Cc1ccc(OCc2ccc(Br)cn2)cc1. The van der Waals surface area contributed by atoms with E-state index in [1.54, 1.807) is 6.20 Å². The molecule has 1 heterocycles. The number of benzene rings is 1. The van der Waals surface area contributed by atoms with Crippen LogP contribution in [-0.4, -0.2) is 4.98 Å². The van der Waals surface area contributed by atoms with Gasteiger partial charge in [-0.05, 0) is 47.1 Å². The first-order chi connectivity index (χ1) is 7.74. The first-order valence-corrected chi connectivity index (χ1v) is 5.83. The Morgan fingerprint density at radius 3 is 2.50 bits per heavy atom. The van der Waals surface area contributed by atoms with Gasteiger partial charge in [-0.3, -0.25) is 4.98 Å². The van der Waals surface area contributed by atoms with Crippen molar-refractivity contribution in [3.8, 4) is 5.75 Å². The minimum absolute atomic E-state index is 0.496. The van der Waals surface area contributed by atoms with E-state index in [0.717, 1.165) is 15.9 Å². The number of rotatable bonds is 3. The zero-order valence-electron chi connectivity index (χ0n) is 8.98. The molecule has 0 fully saturated rings. The summed E-state index contributed by atoms with van der Waals surface area (Å²) in [5.74, 6) is 0.871. The Kier molecular flexibility index (Phi) is 3.57. The quantitative estimate of drug-likeness (QED) is 0.853. The van der Waals surface area contributed by atoms with E-state index >= 15 is 0 Å². The summed E-state index contributed by atoms with van der Waals surface area (Å²) >= 11 is 3.35. The molecule has 2 rings (SSSR count). The average Bonchev–Trinajstić information content (AvgIpc) is 2.30. The molecular weight excluding hydrogens is 266 g/mol. The van der Waals surface area contributed by atoms with Crippen molar-refractivity contribution in [3.05, 3.63) is 58.3 Å². The topological polar surface area (TPSA) is 22.1 Å². The Morgan fingerprint density at radius 1 is 1.12 bits per heavy atom. The van der Waals surface area contributed by atoms with Crippen LogP contribution >= 0.6 is 15.9 Å². The van der Waals surface area contributed by atoms with E-state index in [-0.39, 0.29) is 0 Å². The molecule has 1 aromatic heterocycles. The minimum atomic E-state index is 0.496. The summed E-state index contributed by atoms with van der Waals surface area (Å²) < 4.78 is 6.59. The molecule has 0 saturated heterocycles. The molecule has 0 aliphatic rings. The smallest absolute Gasteiger partial charge is 0.130 e. The van der Waals surface area contributed by atoms with Crippen molar-refractivity contribution < 1.29 is 4.74 Å². The maximum atomic E-state index is 5.61. The Bertz CT molecular complexity index is 405. The molecule has 0 unspecified atom stereocenters. The predicted octanol–water partition coefficient (Wildman–Crippen LogP) is 3.73. The summed E-state index contributed by atoms with van der Waals surface area (Å²) in [5, 5.41) is 0. The molecule has 0 amide bonds. The molecule has 0 atom stereocenters. The van der Waals surface area contributed by atoms with Crippen molar-refractivity contribution in [1.82, 2.24) is 4.98 Å². The van der Waals surface area contributed by atoms with E-state index in [2.05, 4.69) is 27.8 Å². The van der Waals surface area contributed by atoms with E-state index in [1.165, 1.54) is 5.56 Å². The third-order valence-corrected chi connectivity index (χ3v) is 2.67. The summed E-state index contributed by atoms with van der Waals surface area (Å²) in [6.07, 6.45) is 1.77. The monoisotopic (exact) mass is 277 g/mol. The fourth-order valence-corrected chi connectivity index (χ4v) is 1.52. The number of hydrogen-bond acceptors (Lipinski definition) is 2. The second kappa shape index (κ2) is 5.12. The summed E-state index contributed by atoms with van der Waals surface area (Å²) in [4.78, 5) is 4.24. The molecule has 82 valence electrons. The van der Waals surface area contributed by atoms with Gasteiger partial charge in [-0.2, -0.15) is 0 Å². The molecule has 2 aromatic rings. The molecule has 0 saturated carbocycles. The van der Waals surface area contributed by atoms with Gasteiger partial charge in [0.25, 0.3) is 0 Å². The van der Waals surface area contributed by atoms with Gasteiger partial charge in [-0.1, -0.05) is 17.7 Å². The largest absolute Gasteiger partial charge is 0.487 e. The highest BCUT2D eigenvalue weighted by Crippen LogP contribution is 2.14. The van der Waals surface area contributed by atoms with Crippen LogP contribution in [-0.2, 0) is 6.61 Å². The molecule has 0 bridgehead atoms. The van der Waals surface area contributed by atoms with Gasteiger partial charge in [-0.25, -0.2) is 0 Å². The predicted molar refractivity (Wildman–Crippen MR) is 67.4 cm³/mol. The second-order valence-electron chi connectivity index (χ2n) is 3.57. The first kappa shape index (κ1) is 11.1. The van der Waals surface area contributed by atoms with E-state index < -0.39 is 0 Å². The highest BCUT2D eigenvalue weighted by atomic mass is 79.9. The lowest BCUT2D eigenvalue weighted by Gasteiger charge is -2.05. The van der Waals surface area contributed by atoms with Gasteiger partial charge in [0.05, 0.1) is 5.69 Å². The lowest BCUT2D eigenvalue weighted by Crippen LogP contribution is -1.97. The first-order valence-electron chi connectivity index (χ1n) is 5.04. The van der Waals surface area contributed by atoms with Crippen LogP contribution in [0, 0.1) is 6.92 Å². The number of aryl methyl sites for hydroxylation is 1. The zero-order chi connectivity index (χ0) is 11.4. The molecule has 0 aliphatic carbocycles. The van der Waals surface area contributed by atoms with Gasteiger partial charge in [0.15, 0.2) is 0 Å². The molecule has 0 aliphatic heterocycles. The molecule has 2 nitrogen and oxygen atoms in total. The molecule has 1 aromatic carbocycles. The van der Waals surface area contributed by atoms with Crippen LogP contribution in [0.2, 0.25) is 0 Å². The van der Waals surface area contributed by atoms with Crippen molar-refractivity contribution in [1.29, 1.82) is 0 Å². The summed E-state index contributed by atoms with van der Waals surface area (Å²) in [6.45, 7) is 2.55. The van der Waals surface area contributed by atoms with Crippen LogP contribution < -0.4 is 4.74 Å². The van der Waals surface area contributed by atoms with E-state index in [0.29, 0.717) is 6.61 Å². The van der Waals surface area contributed by atoms with Gasteiger partial charge >= 0.3 is 0 Å². The Hall–Kier alpha value is -1.35. The van der Waals surface area contributed by atoms with E-state index in [9.17, 15) is 0 Å². The van der Waals surface area contributed by atoms with Crippen molar-refractivity contribution in [2.75, 3.05) is 0 Å². The fraction of sp³-hybridized carbons (Fsp3) is 0.154. The van der Waals surface area contributed by atoms with Crippen LogP contribution in [0.4, 0.5) is 0 Å². The molecular formula is C13H12BrNO. The lowest BCUT2D eigenvalue weighted by molar-refractivity contribution is 0.301. The van der Waals surface area contributed by atoms with Gasteiger partial charge in [0.2, 0.25) is 0 Å². The summed E-state index contributed by atoms with van der Waals surface area (Å²) in [5.41, 5.74) is 2.15. The maximum absolute atomic E-state index is 5.61. The molecule has 16 heavy (non-hydrogen) atoms. The standard InChI is InChI=1S/C13H12BrNO/c1-10-2-6-13(7-3-10)16-9-12-5-4-11(14)8-15-12/h2-8H,9H2,1H3. The Balaban J connectivity index is 1.97. The highest BCUT2D eigenvalue weighted by molar-refractivity contribution is 9.10. The molecule has 0 spiro atoms.